The van der Waals surface area contributed by atoms with E-state index < -0.39 is 5.60 Å². The summed E-state index contributed by atoms with van der Waals surface area (Å²) in [6.45, 7) is 5.31. The van der Waals surface area contributed by atoms with Crippen molar-refractivity contribution >= 4 is 23.1 Å². The quantitative estimate of drug-likeness (QED) is 0.843. The van der Waals surface area contributed by atoms with E-state index in [1.165, 1.54) is 0 Å². The van der Waals surface area contributed by atoms with E-state index in [4.69, 9.17) is 4.74 Å². The van der Waals surface area contributed by atoms with E-state index in [2.05, 4.69) is 5.32 Å². The number of carbonyl (C=O) groups is 1. The third-order valence-corrected chi connectivity index (χ3v) is 5.02. The highest BCUT2D eigenvalue weighted by atomic mass is 32.1. The number of nitrogens with one attached hydrogen (secondary N) is 1. The van der Waals surface area contributed by atoms with Crippen molar-refractivity contribution in [3.8, 4) is 0 Å². The third kappa shape index (κ3) is 3.61. The highest BCUT2D eigenvalue weighted by molar-refractivity contribution is 7.08. The van der Waals surface area contributed by atoms with Crippen LogP contribution in [0.3, 0.4) is 0 Å². The molecule has 128 valence electrons. The Morgan fingerprint density at radius 2 is 2.29 bits per heavy atom. The van der Waals surface area contributed by atoms with Crippen molar-refractivity contribution in [1.82, 2.24) is 5.32 Å². The largest absolute Gasteiger partial charge is 0.447 e. The molecule has 0 bridgehead atoms. The van der Waals surface area contributed by atoms with Crippen LogP contribution in [-0.4, -0.2) is 30.9 Å². The molecule has 2 aromatic rings. The molecule has 1 aliphatic rings. The first kappa shape index (κ1) is 17.0. The Hall–Kier alpha value is -1.89. The number of thiophene rings is 1. The zero-order valence-corrected chi connectivity index (χ0v) is 14.7. The van der Waals surface area contributed by atoms with Crippen LogP contribution >= 0.6 is 11.3 Å². The van der Waals surface area contributed by atoms with Crippen molar-refractivity contribution in [3.63, 3.8) is 0 Å². The van der Waals surface area contributed by atoms with Gasteiger partial charge in [0.15, 0.2) is 0 Å². The SMILES string of the molecule is CC(NCC(C)(O)c1ccsc1)c1cccc(N2CCOC2=O)c1. The van der Waals surface area contributed by atoms with Crippen molar-refractivity contribution in [2.24, 2.45) is 0 Å². The molecule has 0 spiro atoms. The normalized spacial score (nSPS) is 18.3. The Bertz CT molecular complexity index is 700. The van der Waals surface area contributed by atoms with Gasteiger partial charge in [0, 0.05) is 18.3 Å². The summed E-state index contributed by atoms with van der Waals surface area (Å²) in [4.78, 5) is 13.3. The molecule has 1 aromatic carbocycles. The Balaban J connectivity index is 1.67. The van der Waals surface area contributed by atoms with Crippen molar-refractivity contribution < 1.29 is 14.6 Å². The molecule has 6 heteroatoms. The predicted molar refractivity (Wildman–Crippen MR) is 95.4 cm³/mol. The maximum Gasteiger partial charge on any atom is 0.414 e. The summed E-state index contributed by atoms with van der Waals surface area (Å²) in [7, 11) is 0. The molecule has 2 atom stereocenters. The van der Waals surface area contributed by atoms with E-state index in [0.717, 1.165) is 16.8 Å². The van der Waals surface area contributed by atoms with Gasteiger partial charge >= 0.3 is 6.09 Å². The highest BCUT2D eigenvalue weighted by Crippen LogP contribution is 2.25. The molecule has 1 saturated heterocycles. The lowest BCUT2D eigenvalue weighted by atomic mass is 9.98. The number of nitrogens with zero attached hydrogens (tertiary/aromatic N) is 1. The van der Waals surface area contributed by atoms with Gasteiger partial charge in [-0.15, -0.1) is 0 Å². The minimum atomic E-state index is -0.912. The van der Waals surface area contributed by atoms with Crippen LogP contribution < -0.4 is 10.2 Å². The number of anilines is 1. The van der Waals surface area contributed by atoms with Gasteiger partial charge in [0.1, 0.15) is 12.2 Å². The van der Waals surface area contributed by atoms with E-state index in [0.29, 0.717) is 19.7 Å². The molecule has 0 radical (unpaired) electrons. The first-order valence-corrected chi connectivity index (χ1v) is 8.94. The topological polar surface area (TPSA) is 61.8 Å². The van der Waals surface area contributed by atoms with Crippen molar-refractivity contribution in [2.75, 3.05) is 24.6 Å². The standard InChI is InChI=1S/C18H22N2O3S/c1-13(19-12-18(2,22)15-6-9-24-11-15)14-4-3-5-16(10-14)20-7-8-23-17(20)21/h3-6,9-11,13,19,22H,7-8,12H2,1-2H3. The van der Waals surface area contributed by atoms with Gasteiger partial charge in [-0.05, 0) is 53.9 Å². The van der Waals surface area contributed by atoms with Crippen molar-refractivity contribution in [1.29, 1.82) is 0 Å². The molecule has 1 fully saturated rings. The van der Waals surface area contributed by atoms with Crippen LogP contribution in [-0.2, 0) is 10.3 Å². The fraction of sp³-hybridized carbons (Fsp3) is 0.389. The van der Waals surface area contributed by atoms with Gasteiger partial charge in [0.25, 0.3) is 0 Å². The van der Waals surface area contributed by atoms with E-state index >= 15 is 0 Å². The minimum absolute atomic E-state index is 0.0497. The molecule has 2 unspecified atom stereocenters. The summed E-state index contributed by atoms with van der Waals surface area (Å²) in [6, 6.07) is 9.84. The van der Waals surface area contributed by atoms with E-state index in [1.807, 2.05) is 54.9 Å². The molecular formula is C18H22N2O3S. The Morgan fingerprint density at radius 3 is 2.96 bits per heavy atom. The smallest absolute Gasteiger partial charge is 0.414 e. The number of rotatable bonds is 6. The maximum atomic E-state index is 11.7. The second-order valence-corrected chi connectivity index (χ2v) is 7.03. The molecule has 2 N–H and O–H groups in total. The van der Waals surface area contributed by atoms with Crippen molar-refractivity contribution in [3.05, 3.63) is 52.2 Å². The number of cyclic esters (lactones) is 1. The molecule has 24 heavy (non-hydrogen) atoms. The van der Waals surface area contributed by atoms with Crippen LogP contribution in [0.2, 0.25) is 0 Å². The summed E-state index contributed by atoms with van der Waals surface area (Å²) in [6.07, 6.45) is -0.298. The number of ether oxygens (including phenoxy) is 1. The van der Waals surface area contributed by atoms with E-state index in [1.54, 1.807) is 16.2 Å². The second kappa shape index (κ2) is 6.93. The summed E-state index contributed by atoms with van der Waals surface area (Å²) < 4.78 is 4.99. The molecule has 3 rings (SSSR count). The number of amides is 1. The lowest BCUT2D eigenvalue weighted by molar-refractivity contribution is 0.0548. The van der Waals surface area contributed by atoms with E-state index in [-0.39, 0.29) is 12.1 Å². The molecule has 1 aliphatic heterocycles. The first-order chi connectivity index (χ1) is 11.5. The Morgan fingerprint density at radius 1 is 1.46 bits per heavy atom. The molecule has 1 aromatic heterocycles. The predicted octanol–water partition coefficient (Wildman–Crippen LogP) is 3.26. The van der Waals surface area contributed by atoms with Gasteiger partial charge < -0.3 is 15.2 Å². The van der Waals surface area contributed by atoms with Gasteiger partial charge in [0.05, 0.1) is 6.54 Å². The summed E-state index contributed by atoms with van der Waals surface area (Å²) >= 11 is 1.58. The lowest BCUT2D eigenvalue weighted by Crippen LogP contribution is -2.36. The number of aliphatic hydroxyl groups is 1. The molecular weight excluding hydrogens is 324 g/mol. The average Bonchev–Trinajstić information content (AvgIpc) is 3.24. The molecule has 1 amide bonds. The average molecular weight is 346 g/mol. The van der Waals surface area contributed by atoms with Gasteiger partial charge in [-0.3, -0.25) is 4.90 Å². The van der Waals surface area contributed by atoms with Crippen LogP contribution in [0.25, 0.3) is 0 Å². The second-order valence-electron chi connectivity index (χ2n) is 6.25. The van der Waals surface area contributed by atoms with Crippen LogP contribution in [0.4, 0.5) is 10.5 Å². The Labute approximate surface area is 145 Å². The number of hydrogen-bond donors (Lipinski definition) is 2. The minimum Gasteiger partial charge on any atom is -0.447 e. The summed E-state index contributed by atoms with van der Waals surface area (Å²) in [5, 5.41) is 17.9. The number of benzene rings is 1. The fourth-order valence-electron chi connectivity index (χ4n) is 2.73. The van der Waals surface area contributed by atoms with Crippen LogP contribution in [0, 0.1) is 0 Å². The molecule has 0 saturated carbocycles. The van der Waals surface area contributed by atoms with Gasteiger partial charge in [-0.1, -0.05) is 12.1 Å². The van der Waals surface area contributed by atoms with Crippen LogP contribution in [0.1, 0.15) is 31.0 Å². The number of hydrogen-bond acceptors (Lipinski definition) is 5. The maximum absolute atomic E-state index is 11.7. The zero-order chi connectivity index (χ0) is 17.2. The monoisotopic (exact) mass is 346 g/mol. The fourth-order valence-corrected chi connectivity index (χ4v) is 3.52. The molecule has 5 nitrogen and oxygen atoms in total. The highest BCUT2D eigenvalue weighted by Gasteiger charge is 2.26. The third-order valence-electron chi connectivity index (χ3n) is 4.34. The van der Waals surface area contributed by atoms with Crippen LogP contribution in [0.5, 0.6) is 0 Å². The molecule has 2 heterocycles. The van der Waals surface area contributed by atoms with Crippen LogP contribution in [0.15, 0.2) is 41.1 Å². The Kier molecular flexibility index (Phi) is 4.89. The lowest BCUT2D eigenvalue weighted by Gasteiger charge is -2.26. The van der Waals surface area contributed by atoms with Gasteiger partial charge in [-0.25, -0.2) is 4.79 Å². The number of carbonyl (C=O) groups excluding carboxylic acids is 1. The summed E-state index contributed by atoms with van der Waals surface area (Å²) in [5.74, 6) is 0. The first-order valence-electron chi connectivity index (χ1n) is 8.00. The van der Waals surface area contributed by atoms with Gasteiger partial charge in [0.2, 0.25) is 0 Å². The van der Waals surface area contributed by atoms with Crippen molar-refractivity contribution in [2.45, 2.75) is 25.5 Å². The molecule has 0 aliphatic carbocycles. The van der Waals surface area contributed by atoms with E-state index in [9.17, 15) is 9.90 Å². The summed E-state index contributed by atoms with van der Waals surface area (Å²) in [5.41, 5.74) is 1.91. The van der Waals surface area contributed by atoms with Gasteiger partial charge in [-0.2, -0.15) is 11.3 Å². The zero-order valence-electron chi connectivity index (χ0n) is 13.9.